The van der Waals surface area contributed by atoms with Gasteiger partial charge >= 0.3 is 6.09 Å². The Balaban J connectivity index is 2.58. The topological polar surface area (TPSA) is 55.8 Å². The second-order valence-electron chi connectivity index (χ2n) is 4.39. The number of hydrogen-bond donors (Lipinski definition) is 0. The van der Waals surface area contributed by atoms with Gasteiger partial charge in [-0.3, -0.25) is 4.18 Å². The van der Waals surface area contributed by atoms with Crippen LogP contribution in [0, 0.1) is 0 Å². The molecule has 1 aliphatic rings. The smallest absolute Gasteiger partial charge is 0.424 e. The van der Waals surface area contributed by atoms with Gasteiger partial charge < -0.3 is 4.74 Å². The number of carbonyl (C=O) groups excluding carboxylic acids is 1. The van der Waals surface area contributed by atoms with Crippen LogP contribution in [0.3, 0.4) is 0 Å². The van der Waals surface area contributed by atoms with Crippen molar-refractivity contribution < 1.29 is 17.9 Å². The molecule has 0 N–H and O–H groups in total. The average molecular weight is 235 g/mol. The molecule has 15 heavy (non-hydrogen) atoms. The number of carbonyl (C=O) groups is 1. The minimum atomic E-state index is -1.70. The highest BCUT2D eigenvalue weighted by atomic mass is 32.2. The Labute approximate surface area is 92.5 Å². The molecule has 0 aromatic heterocycles. The molecule has 1 unspecified atom stereocenters. The van der Waals surface area contributed by atoms with E-state index >= 15 is 0 Å². The van der Waals surface area contributed by atoms with E-state index in [-0.39, 0.29) is 6.10 Å². The third-order valence-corrected chi connectivity index (χ3v) is 2.92. The third-order valence-electron chi connectivity index (χ3n) is 1.82. The van der Waals surface area contributed by atoms with Crippen molar-refractivity contribution >= 4 is 17.4 Å². The van der Waals surface area contributed by atoms with E-state index in [1.165, 1.54) is 0 Å². The summed E-state index contributed by atoms with van der Waals surface area (Å²) in [6, 6.07) is 0. The van der Waals surface area contributed by atoms with E-state index in [0.717, 1.165) is 10.7 Å². The zero-order valence-corrected chi connectivity index (χ0v) is 10.3. The lowest BCUT2D eigenvalue weighted by Gasteiger charge is -2.22. The summed E-state index contributed by atoms with van der Waals surface area (Å²) in [4.78, 5) is 11.6. The van der Waals surface area contributed by atoms with Gasteiger partial charge in [-0.2, -0.15) is 0 Å². The normalized spacial score (nSPS) is 26.8. The summed E-state index contributed by atoms with van der Waals surface area (Å²) < 4.78 is 22.7. The van der Waals surface area contributed by atoms with E-state index < -0.39 is 23.0 Å². The minimum Gasteiger partial charge on any atom is -0.443 e. The largest absolute Gasteiger partial charge is 0.443 e. The minimum absolute atomic E-state index is 0.154. The van der Waals surface area contributed by atoms with Crippen molar-refractivity contribution in [3.63, 3.8) is 0 Å². The maximum absolute atomic E-state index is 11.6. The van der Waals surface area contributed by atoms with Crippen molar-refractivity contribution in [2.24, 2.45) is 0 Å². The second-order valence-corrected chi connectivity index (χ2v) is 5.45. The van der Waals surface area contributed by atoms with Crippen LogP contribution >= 0.6 is 0 Å². The van der Waals surface area contributed by atoms with E-state index in [0.29, 0.717) is 6.54 Å². The van der Waals surface area contributed by atoms with E-state index in [2.05, 4.69) is 0 Å². The lowest BCUT2D eigenvalue weighted by atomic mass is 10.2. The summed E-state index contributed by atoms with van der Waals surface area (Å²) in [6.07, 6.45) is -0.0134. The van der Waals surface area contributed by atoms with E-state index in [1.54, 1.807) is 20.8 Å². The Morgan fingerprint density at radius 3 is 2.60 bits per heavy atom. The Morgan fingerprint density at radius 2 is 2.20 bits per heavy atom. The second kappa shape index (κ2) is 4.49. The summed E-state index contributed by atoms with van der Waals surface area (Å²) in [5.41, 5.74) is -0.578. The molecule has 2 atom stereocenters. The number of hydrogen-bond acceptors (Lipinski definition) is 4. The fraction of sp³-hybridized carbons (Fsp3) is 0.889. The van der Waals surface area contributed by atoms with E-state index in [1.807, 2.05) is 6.92 Å². The van der Waals surface area contributed by atoms with Gasteiger partial charge in [0.25, 0.3) is 11.3 Å². The Kier molecular flexibility index (Phi) is 3.72. The van der Waals surface area contributed by atoms with Crippen LogP contribution in [0.1, 0.15) is 34.1 Å². The molecule has 5 nitrogen and oxygen atoms in total. The molecule has 0 spiro atoms. The van der Waals surface area contributed by atoms with Gasteiger partial charge in [-0.1, -0.05) is 6.92 Å². The Hall–Kier alpha value is -0.620. The van der Waals surface area contributed by atoms with Crippen LogP contribution in [-0.4, -0.2) is 32.9 Å². The Bertz CT molecular complexity index is 274. The van der Waals surface area contributed by atoms with Crippen molar-refractivity contribution in [3.8, 4) is 0 Å². The maximum Gasteiger partial charge on any atom is 0.424 e. The molecule has 88 valence electrons. The molecule has 1 saturated heterocycles. The molecule has 0 aliphatic carbocycles. The fourth-order valence-electron chi connectivity index (χ4n) is 1.09. The van der Waals surface area contributed by atoms with Gasteiger partial charge in [0.15, 0.2) is 0 Å². The molecule has 1 fully saturated rings. The number of ether oxygens (including phenoxy) is 1. The average Bonchev–Trinajstić information content (AvgIpc) is 2.43. The molecule has 0 aromatic carbocycles. The fourth-order valence-corrected chi connectivity index (χ4v) is 2.07. The first-order valence-corrected chi connectivity index (χ1v) is 5.96. The van der Waals surface area contributed by atoms with Crippen LogP contribution in [0.2, 0.25) is 0 Å². The van der Waals surface area contributed by atoms with Crippen LogP contribution in [0.25, 0.3) is 0 Å². The zero-order valence-electron chi connectivity index (χ0n) is 9.48. The van der Waals surface area contributed by atoms with Crippen molar-refractivity contribution in [1.82, 2.24) is 4.31 Å². The summed E-state index contributed by atoms with van der Waals surface area (Å²) in [6.45, 7) is 7.55. The monoisotopic (exact) mass is 235 g/mol. The molecule has 0 bridgehead atoms. The van der Waals surface area contributed by atoms with Gasteiger partial charge in [0.2, 0.25) is 0 Å². The first kappa shape index (κ1) is 12.4. The van der Waals surface area contributed by atoms with Crippen LogP contribution in [-0.2, 0) is 20.2 Å². The number of amides is 1. The molecule has 0 radical (unpaired) electrons. The summed E-state index contributed by atoms with van der Waals surface area (Å²) in [5.74, 6) is 0. The molecule has 0 aromatic rings. The SMILES string of the molecule is CC[C@@H]1CN(C(=O)OC(C)(C)C)S(=O)O1. The van der Waals surface area contributed by atoms with Crippen molar-refractivity contribution in [2.45, 2.75) is 45.8 Å². The Morgan fingerprint density at radius 1 is 1.60 bits per heavy atom. The van der Waals surface area contributed by atoms with Crippen LogP contribution in [0.4, 0.5) is 4.79 Å². The van der Waals surface area contributed by atoms with Gasteiger partial charge in [-0.25, -0.2) is 13.3 Å². The number of rotatable bonds is 1. The van der Waals surface area contributed by atoms with Gasteiger partial charge in [0.05, 0.1) is 12.6 Å². The lowest BCUT2D eigenvalue weighted by molar-refractivity contribution is 0.0401. The summed E-state index contributed by atoms with van der Waals surface area (Å²) in [5, 5.41) is 0. The van der Waals surface area contributed by atoms with Gasteiger partial charge in [-0.15, -0.1) is 0 Å². The van der Waals surface area contributed by atoms with Crippen molar-refractivity contribution in [3.05, 3.63) is 0 Å². The molecule has 6 heteroatoms. The van der Waals surface area contributed by atoms with Crippen molar-refractivity contribution in [2.75, 3.05) is 6.54 Å². The standard InChI is InChI=1S/C9H17NO4S/c1-5-7-6-10(15(12)14-7)8(11)13-9(2,3)4/h7H,5-6H2,1-4H3/t7-,15?/m1/s1. The summed E-state index contributed by atoms with van der Waals surface area (Å²) in [7, 11) is 0. The predicted octanol–water partition coefficient (Wildman–Crippen LogP) is 1.61. The van der Waals surface area contributed by atoms with Crippen LogP contribution in [0.5, 0.6) is 0 Å². The lowest BCUT2D eigenvalue weighted by Crippen LogP contribution is -2.36. The van der Waals surface area contributed by atoms with E-state index in [9.17, 15) is 9.00 Å². The van der Waals surface area contributed by atoms with Crippen molar-refractivity contribution in [1.29, 1.82) is 0 Å². The molecule has 0 saturated carbocycles. The van der Waals surface area contributed by atoms with Crippen LogP contribution in [0.15, 0.2) is 0 Å². The zero-order chi connectivity index (χ0) is 11.6. The molecule has 1 heterocycles. The highest BCUT2D eigenvalue weighted by molar-refractivity contribution is 7.78. The van der Waals surface area contributed by atoms with Gasteiger partial charge in [-0.05, 0) is 27.2 Å². The third kappa shape index (κ3) is 3.46. The molecular formula is C9H17NO4S. The maximum atomic E-state index is 11.6. The first-order valence-electron chi connectivity index (χ1n) is 4.93. The molecular weight excluding hydrogens is 218 g/mol. The predicted molar refractivity (Wildman–Crippen MR) is 56.2 cm³/mol. The van der Waals surface area contributed by atoms with Gasteiger partial charge in [0, 0.05) is 0 Å². The molecule has 1 amide bonds. The summed E-state index contributed by atoms with van der Waals surface area (Å²) >= 11 is -1.70. The number of nitrogens with zero attached hydrogens (tertiary/aromatic N) is 1. The highest BCUT2D eigenvalue weighted by Gasteiger charge is 2.36. The van der Waals surface area contributed by atoms with E-state index in [4.69, 9.17) is 8.92 Å². The first-order chi connectivity index (χ1) is 6.83. The van der Waals surface area contributed by atoms with Gasteiger partial charge in [0.1, 0.15) is 5.60 Å². The highest BCUT2D eigenvalue weighted by Crippen LogP contribution is 2.19. The molecule has 1 aliphatic heterocycles. The van der Waals surface area contributed by atoms with Crippen LogP contribution < -0.4 is 0 Å². The molecule has 1 rings (SSSR count). The quantitative estimate of drug-likeness (QED) is 0.693.